The molecule has 4 nitrogen and oxygen atoms in total. The van der Waals surface area contributed by atoms with Crippen LogP contribution in [0.5, 0.6) is 0 Å². The Morgan fingerprint density at radius 2 is 1.35 bits per heavy atom. The smallest absolute Gasteiger partial charge is 0.329 e. The summed E-state index contributed by atoms with van der Waals surface area (Å²) in [5.74, 6) is 0. The average molecular weight is 339 g/mol. The molecule has 0 saturated carbocycles. The van der Waals surface area contributed by atoms with Gasteiger partial charge in [0.15, 0.2) is 0 Å². The van der Waals surface area contributed by atoms with Gasteiger partial charge < -0.3 is 18.4 Å². The van der Waals surface area contributed by atoms with E-state index in [9.17, 15) is 9.59 Å². The monoisotopic (exact) mass is 338 g/mol. The molecule has 122 valence electrons. The summed E-state index contributed by atoms with van der Waals surface area (Å²) in [4.78, 5) is 20.5. The van der Waals surface area contributed by atoms with Gasteiger partial charge in [0.2, 0.25) is 16.6 Å². The molecule has 0 aliphatic rings. The van der Waals surface area contributed by atoms with Crippen LogP contribution in [0.15, 0.2) is 0 Å². The summed E-state index contributed by atoms with van der Waals surface area (Å²) in [6, 6.07) is 0. The lowest BCUT2D eigenvalue weighted by molar-refractivity contribution is 0.0659. The maximum absolute atomic E-state index is 10.2. The van der Waals surface area contributed by atoms with E-state index in [0.29, 0.717) is 0 Å². The molecule has 0 amide bonds. The van der Waals surface area contributed by atoms with Crippen LogP contribution in [0.4, 0.5) is 0 Å². The maximum Gasteiger partial charge on any atom is 0.329 e. The first-order valence-electron chi connectivity index (χ1n) is 7.53. The third-order valence-electron chi connectivity index (χ3n) is 4.15. The zero-order valence-corrected chi connectivity index (χ0v) is 17.7. The Morgan fingerprint density at radius 3 is 1.60 bits per heavy atom. The fourth-order valence-corrected chi connectivity index (χ4v) is 10.4. The molecule has 0 saturated heterocycles. The lowest BCUT2D eigenvalue weighted by Gasteiger charge is -2.48. The minimum absolute atomic E-state index is 0.131. The van der Waals surface area contributed by atoms with Gasteiger partial charge in [-0.25, -0.2) is 0 Å². The van der Waals surface area contributed by atoms with Crippen molar-refractivity contribution in [3.05, 3.63) is 0 Å². The van der Waals surface area contributed by atoms with Crippen molar-refractivity contribution in [3.63, 3.8) is 0 Å². The summed E-state index contributed by atoms with van der Waals surface area (Å²) < 4.78 is 12.5. The minimum Gasteiger partial charge on any atom is -0.430 e. The molecule has 20 heavy (non-hydrogen) atoms. The molecule has 0 radical (unpaired) electrons. The molecular formula is C13H34O4Si3. The van der Waals surface area contributed by atoms with Crippen LogP contribution in [0.25, 0.3) is 0 Å². The number of rotatable bonds is 8. The molecule has 0 aliphatic heterocycles. The fourth-order valence-electron chi connectivity index (χ4n) is 2.54. The van der Waals surface area contributed by atoms with E-state index >= 15 is 0 Å². The van der Waals surface area contributed by atoms with Gasteiger partial charge in [-0.1, -0.05) is 13.8 Å². The predicted octanol–water partition coefficient (Wildman–Crippen LogP) is 3.14. The van der Waals surface area contributed by atoms with Gasteiger partial charge in [0.1, 0.15) is 0 Å². The second-order valence-electron chi connectivity index (χ2n) is 7.17. The van der Waals surface area contributed by atoms with Gasteiger partial charge >= 0.3 is 8.56 Å². The highest BCUT2D eigenvalue weighted by molar-refractivity contribution is 6.78. The van der Waals surface area contributed by atoms with Crippen molar-refractivity contribution < 1.29 is 18.4 Å². The molecule has 1 atom stereocenters. The highest BCUT2D eigenvalue weighted by Crippen LogP contribution is 2.36. The number of hydrogen-bond acceptors (Lipinski definition) is 4. The van der Waals surface area contributed by atoms with E-state index in [-0.39, 0.29) is 5.73 Å². The van der Waals surface area contributed by atoms with Gasteiger partial charge in [0, 0.05) is 0 Å². The molecule has 0 aromatic rings. The molecule has 7 heteroatoms. The van der Waals surface area contributed by atoms with E-state index in [1.807, 2.05) is 20.0 Å². The summed E-state index contributed by atoms with van der Waals surface area (Å²) in [5, 5.41) is -0.397. The molecule has 0 rings (SSSR count). The van der Waals surface area contributed by atoms with E-state index in [2.05, 4.69) is 26.9 Å². The second-order valence-corrected chi connectivity index (χ2v) is 18.6. The quantitative estimate of drug-likeness (QED) is 0.668. The van der Waals surface area contributed by atoms with Crippen molar-refractivity contribution in [1.29, 1.82) is 0 Å². The molecular weight excluding hydrogens is 304 g/mol. The van der Waals surface area contributed by atoms with Gasteiger partial charge in [-0.2, -0.15) is 0 Å². The van der Waals surface area contributed by atoms with Crippen molar-refractivity contribution in [2.24, 2.45) is 0 Å². The summed E-state index contributed by atoms with van der Waals surface area (Å²) in [7, 11) is -7.20. The summed E-state index contributed by atoms with van der Waals surface area (Å²) in [5.41, 5.74) is -0.131. The van der Waals surface area contributed by atoms with Crippen molar-refractivity contribution in [2.45, 2.75) is 83.8 Å². The van der Waals surface area contributed by atoms with E-state index in [4.69, 9.17) is 8.85 Å². The zero-order chi connectivity index (χ0) is 16.4. The van der Waals surface area contributed by atoms with Crippen LogP contribution in [0.3, 0.4) is 0 Å². The van der Waals surface area contributed by atoms with Gasteiger partial charge in [-0.15, -0.1) is 0 Å². The van der Waals surface area contributed by atoms with Gasteiger partial charge in [-0.3, -0.25) is 0 Å². The minimum atomic E-state index is -2.64. The molecule has 0 bridgehead atoms. The highest BCUT2D eigenvalue weighted by atomic mass is 28.4. The Morgan fingerprint density at radius 1 is 0.950 bits per heavy atom. The SMILES string of the molecule is CCC(CC)(O[Si](C)(C)O)[Si](C)(C)O[C@@H](C)[Si](C)(C)O. The summed E-state index contributed by atoms with van der Waals surface area (Å²) in [6.45, 7) is 17.8. The van der Waals surface area contributed by atoms with Gasteiger partial charge in [0.05, 0.1) is 11.0 Å². The Bertz CT molecular complexity index is 304. The third kappa shape index (κ3) is 5.36. The first-order chi connectivity index (χ1) is 8.71. The lowest BCUT2D eigenvalue weighted by Crippen LogP contribution is -2.64. The van der Waals surface area contributed by atoms with Crippen LogP contribution >= 0.6 is 0 Å². The topological polar surface area (TPSA) is 58.9 Å². The van der Waals surface area contributed by atoms with Crippen LogP contribution in [0, 0.1) is 0 Å². The van der Waals surface area contributed by atoms with Crippen LogP contribution in [0.1, 0.15) is 33.6 Å². The summed E-state index contributed by atoms with van der Waals surface area (Å²) >= 11 is 0. The van der Waals surface area contributed by atoms with Crippen LogP contribution in [0.2, 0.25) is 39.3 Å². The average Bonchev–Trinajstić information content (AvgIpc) is 2.22. The normalized spacial score (nSPS) is 16.4. The Labute approximate surface area is 128 Å². The molecule has 0 aliphatic carbocycles. The largest absolute Gasteiger partial charge is 0.430 e. The van der Waals surface area contributed by atoms with Crippen molar-refractivity contribution in [2.75, 3.05) is 0 Å². The van der Waals surface area contributed by atoms with E-state index in [1.165, 1.54) is 0 Å². The first-order valence-corrected chi connectivity index (χ1v) is 16.3. The van der Waals surface area contributed by atoms with E-state index in [1.54, 1.807) is 13.1 Å². The van der Waals surface area contributed by atoms with Crippen molar-refractivity contribution >= 4 is 25.2 Å². The first kappa shape index (κ1) is 20.5. The molecule has 0 heterocycles. The summed E-state index contributed by atoms with van der Waals surface area (Å²) in [6.07, 6.45) is 1.64. The molecule has 0 aromatic carbocycles. The lowest BCUT2D eigenvalue weighted by atomic mass is 10.2. The van der Waals surface area contributed by atoms with E-state index in [0.717, 1.165) is 12.8 Å². The zero-order valence-electron chi connectivity index (χ0n) is 14.7. The Hall–Kier alpha value is 0.491. The van der Waals surface area contributed by atoms with Gasteiger partial charge in [-0.05, 0) is 59.0 Å². The van der Waals surface area contributed by atoms with Gasteiger partial charge in [0.25, 0.3) is 0 Å². The third-order valence-corrected chi connectivity index (χ3v) is 11.5. The predicted molar refractivity (Wildman–Crippen MR) is 91.8 cm³/mol. The van der Waals surface area contributed by atoms with Crippen LogP contribution in [-0.2, 0) is 8.85 Å². The standard InChI is InChI=1S/C13H34O4Si3/c1-10-13(11-2,17-20(8,9)15)19(6,7)16-12(3)18(4,5)14/h12,14-15H,10-11H2,1-9H3/t12-/m1/s1. The maximum atomic E-state index is 10.2. The Kier molecular flexibility index (Phi) is 6.88. The number of hydrogen-bond donors (Lipinski definition) is 2. The Balaban J connectivity index is 5.35. The molecule has 0 aromatic heterocycles. The highest BCUT2D eigenvalue weighted by Gasteiger charge is 2.51. The molecule has 0 unspecified atom stereocenters. The molecule has 0 spiro atoms. The fraction of sp³-hybridized carbons (Fsp3) is 1.00. The van der Waals surface area contributed by atoms with E-state index < -0.39 is 30.4 Å². The second kappa shape index (κ2) is 6.72. The molecule has 2 N–H and O–H groups in total. The van der Waals surface area contributed by atoms with Crippen molar-refractivity contribution in [1.82, 2.24) is 0 Å². The molecule has 0 fully saturated rings. The van der Waals surface area contributed by atoms with Crippen LogP contribution < -0.4 is 0 Å². The van der Waals surface area contributed by atoms with Crippen molar-refractivity contribution in [3.8, 4) is 0 Å². The van der Waals surface area contributed by atoms with Crippen LogP contribution in [-0.4, -0.2) is 45.7 Å².